The van der Waals surface area contributed by atoms with E-state index in [1.165, 1.54) is 12.3 Å². The van der Waals surface area contributed by atoms with E-state index in [0.29, 0.717) is 25.7 Å². The van der Waals surface area contributed by atoms with Crippen LogP contribution < -0.4 is 11.0 Å². The fraction of sp³-hybridized carbons (Fsp3) is 0.680. The van der Waals surface area contributed by atoms with Gasteiger partial charge in [0.15, 0.2) is 18.4 Å². The lowest BCUT2D eigenvalue weighted by atomic mass is 10.1. The van der Waals surface area contributed by atoms with E-state index in [2.05, 4.69) is 10.3 Å². The molecular weight excluding hydrogens is 486 g/mol. The van der Waals surface area contributed by atoms with Gasteiger partial charge in [0.1, 0.15) is 18.5 Å². The van der Waals surface area contributed by atoms with Gasteiger partial charge in [-0.2, -0.15) is 4.98 Å². The Kier molecular flexibility index (Phi) is 12.2. The summed E-state index contributed by atoms with van der Waals surface area (Å²) in [6, 6.07) is 1.41. The molecule has 1 N–H and O–H groups in total. The van der Waals surface area contributed by atoms with Crippen molar-refractivity contribution < 1.29 is 38.1 Å². The first-order chi connectivity index (χ1) is 17.7. The molecule has 0 aliphatic carbocycles. The number of esters is 3. The van der Waals surface area contributed by atoms with Gasteiger partial charge in [0.25, 0.3) is 0 Å². The number of rotatable bonds is 14. The Morgan fingerprint density at radius 3 is 2.03 bits per heavy atom. The third-order valence-electron chi connectivity index (χ3n) is 5.44. The van der Waals surface area contributed by atoms with Crippen LogP contribution in [0.25, 0.3) is 0 Å². The van der Waals surface area contributed by atoms with Gasteiger partial charge in [-0.25, -0.2) is 4.79 Å². The topological polar surface area (TPSA) is 152 Å². The van der Waals surface area contributed by atoms with E-state index in [9.17, 15) is 24.0 Å². The van der Waals surface area contributed by atoms with Crippen LogP contribution >= 0.6 is 0 Å². The molecule has 4 atom stereocenters. The second-order valence-electron chi connectivity index (χ2n) is 8.71. The summed E-state index contributed by atoms with van der Waals surface area (Å²) in [5.74, 6) is -1.79. The molecule has 2 heterocycles. The molecule has 2 rings (SSSR count). The van der Waals surface area contributed by atoms with Gasteiger partial charge in [-0.3, -0.25) is 23.7 Å². The molecule has 1 aromatic rings. The number of hydrogen-bond donors (Lipinski definition) is 1. The van der Waals surface area contributed by atoms with Gasteiger partial charge in [0.2, 0.25) is 5.91 Å². The van der Waals surface area contributed by atoms with Crippen LogP contribution in [0, 0.1) is 0 Å². The molecule has 0 bridgehead atoms. The summed E-state index contributed by atoms with van der Waals surface area (Å²) >= 11 is 0. The Hall–Kier alpha value is -3.28. The Morgan fingerprint density at radius 1 is 0.892 bits per heavy atom. The van der Waals surface area contributed by atoms with Gasteiger partial charge < -0.3 is 24.3 Å². The fourth-order valence-corrected chi connectivity index (χ4v) is 3.72. The number of carbonyl (C=O) groups is 4. The van der Waals surface area contributed by atoms with Crippen molar-refractivity contribution in [2.24, 2.45) is 0 Å². The first-order valence-corrected chi connectivity index (χ1v) is 12.8. The fourth-order valence-electron chi connectivity index (χ4n) is 3.72. The van der Waals surface area contributed by atoms with Gasteiger partial charge in [0, 0.05) is 31.9 Å². The lowest BCUT2D eigenvalue weighted by Gasteiger charge is -2.25. The van der Waals surface area contributed by atoms with Crippen LogP contribution in [0.3, 0.4) is 0 Å². The van der Waals surface area contributed by atoms with E-state index in [1.807, 2.05) is 20.8 Å². The van der Waals surface area contributed by atoms with Gasteiger partial charge in [-0.05, 0) is 31.7 Å². The molecule has 12 heteroatoms. The lowest BCUT2D eigenvalue weighted by molar-refractivity contribution is -0.169. The molecule has 206 valence electrons. The van der Waals surface area contributed by atoms with Crippen LogP contribution in [0.4, 0.5) is 5.82 Å². The van der Waals surface area contributed by atoms with E-state index in [0.717, 1.165) is 4.57 Å². The minimum absolute atomic E-state index is 0.0631. The molecule has 0 aromatic carbocycles. The van der Waals surface area contributed by atoms with Crippen molar-refractivity contribution in [3.05, 3.63) is 22.7 Å². The molecule has 12 nitrogen and oxygen atoms in total. The van der Waals surface area contributed by atoms with Crippen LogP contribution in [0.2, 0.25) is 0 Å². The maximum atomic E-state index is 12.9. The number of nitrogens with one attached hydrogen (secondary N) is 1. The highest BCUT2D eigenvalue weighted by Crippen LogP contribution is 2.34. The zero-order valence-electron chi connectivity index (χ0n) is 21.9. The Bertz CT molecular complexity index is 994. The predicted octanol–water partition coefficient (Wildman–Crippen LogP) is 2.65. The zero-order valence-corrected chi connectivity index (χ0v) is 21.9. The third-order valence-corrected chi connectivity index (χ3v) is 5.44. The Labute approximate surface area is 216 Å². The van der Waals surface area contributed by atoms with Crippen molar-refractivity contribution in [1.82, 2.24) is 9.55 Å². The zero-order chi connectivity index (χ0) is 27.4. The first-order valence-electron chi connectivity index (χ1n) is 12.8. The third kappa shape index (κ3) is 8.96. The highest BCUT2D eigenvalue weighted by Gasteiger charge is 2.51. The molecule has 1 aliphatic rings. The molecule has 1 amide bonds. The standard InChI is InChI=1S/C25H37N3O9/c1-5-9-18(29)26-17-13-14-28(25(33)27-17)24-23(37-21(32)12-8-4)22(36-20(31)11-7-3)16(35-24)15-34-19(30)10-6-2/h13-14,16,22-24H,5-12,15H2,1-4H3,(H,26,27,29,33)/t16-,22+,23-,24+/m0/s1. The maximum absolute atomic E-state index is 12.9. The number of carbonyl (C=O) groups excluding carboxylic acids is 4. The van der Waals surface area contributed by atoms with Crippen LogP contribution in [-0.4, -0.2) is 58.3 Å². The van der Waals surface area contributed by atoms with E-state index >= 15 is 0 Å². The van der Waals surface area contributed by atoms with Crippen molar-refractivity contribution in [2.75, 3.05) is 11.9 Å². The minimum Gasteiger partial charge on any atom is -0.463 e. The average molecular weight is 524 g/mol. The van der Waals surface area contributed by atoms with Crippen LogP contribution in [0.1, 0.15) is 85.3 Å². The first kappa shape index (κ1) is 29.9. The second kappa shape index (κ2) is 15.1. The Balaban J connectivity index is 2.40. The summed E-state index contributed by atoms with van der Waals surface area (Å²) in [6.07, 6.45) is -0.246. The molecule has 1 fully saturated rings. The molecule has 1 aromatic heterocycles. The molecule has 0 saturated carbocycles. The van der Waals surface area contributed by atoms with Gasteiger partial charge in [0.05, 0.1) is 0 Å². The largest absolute Gasteiger partial charge is 0.463 e. The normalized spacial score (nSPS) is 20.8. The summed E-state index contributed by atoms with van der Waals surface area (Å²) < 4.78 is 23.6. The molecule has 1 saturated heterocycles. The predicted molar refractivity (Wildman–Crippen MR) is 131 cm³/mol. The number of hydrogen-bond acceptors (Lipinski definition) is 10. The summed E-state index contributed by atoms with van der Waals surface area (Å²) in [7, 11) is 0. The van der Waals surface area contributed by atoms with Crippen molar-refractivity contribution >= 4 is 29.6 Å². The monoisotopic (exact) mass is 523 g/mol. The molecule has 37 heavy (non-hydrogen) atoms. The van der Waals surface area contributed by atoms with Crippen molar-refractivity contribution in [3.63, 3.8) is 0 Å². The van der Waals surface area contributed by atoms with E-state index < -0.39 is 48.1 Å². The van der Waals surface area contributed by atoms with Crippen molar-refractivity contribution in [1.29, 1.82) is 0 Å². The summed E-state index contributed by atoms with van der Waals surface area (Å²) in [5, 5.41) is 2.55. The van der Waals surface area contributed by atoms with Crippen LogP contribution in [-0.2, 0) is 38.1 Å². The van der Waals surface area contributed by atoms with Gasteiger partial charge in [-0.1, -0.05) is 27.7 Å². The van der Waals surface area contributed by atoms with Crippen LogP contribution in [0.5, 0.6) is 0 Å². The quantitative estimate of drug-likeness (QED) is 0.284. The molecular formula is C25H37N3O9. The number of aromatic nitrogens is 2. The van der Waals surface area contributed by atoms with Crippen LogP contribution in [0.15, 0.2) is 17.1 Å². The van der Waals surface area contributed by atoms with Gasteiger partial charge in [-0.15, -0.1) is 0 Å². The molecule has 1 aliphatic heterocycles. The smallest absolute Gasteiger partial charge is 0.351 e. The summed E-state index contributed by atoms with van der Waals surface area (Å²) in [4.78, 5) is 65.5. The van der Waals surface area contributed by atoms with E-state index in [4.69, 9.17) is 18.9 Å². The Morgan fingerprint density at radius 2 is 1.46 bits per heavy atom. The van der Waals surface area contributed by atoms with E-state index in [1.54, 1.807) is 6.92 Å². The average Bonchev–Trinajstić information content (AvgIpc) is 3.15. The molecule has 0 radical (unpaired) electrons. The number of anilines is 1. The number of ether oxygens (including phenoxy) is 4. The summed E-state index contributed by atoms with van der Waals surface area (Å²) in [6.45, 7) is 7.02. The molecule has 0 unspecified atom stereocenters. The van der Waals surface area contributed by atoms with Gasteiger partial charge >= 0.3 is 23.6 Å². The second-order valence-corrected chi connectivity index (χ2v) is 8.71. The van der Waals surface area contributed by atoms with E-state index in [-0.39, 0.29) is 44.0 Å². The highest BCUT2D eigenvalue weighted by molar-refractivity contribution is 5.89. The van der Waals surface area contributed by atoms with Crippen molar-refractivity contribution in [3.8, 4) is 0 Å². The van der Waals surface area contributed by atoms with Crippen molar-refractivity contribution in [2.45, 2.75) is 104 Å². The lowest BCUT2D eigenvalue weighted by Crippen LogP contribution is -2.42. The maximum Gasteiger partial charge on any atom is 0.351 e. The number of amides is 1. The summed E-state index contributed by atoms with van der Waals surface area (Å²) in [5.41, 5.74) is -0.780. The SMILES string of the molecule is CCCC(=O)Nc1ccn([C@@H]2O[C@@H](COC(=O)CCC)[C@@H](OC(=O)CCC)[C@@H]2OC(=O)CCC)c(=O)n1. The number of nitrogens with zero attached hydrogens (tertiary/aromatic N) is 2. The highest BCUT2D eigenvalue weighted by atomic mass is 16.7. The minimum atomic E-state index is -1.21. The molecule has 0 spiro atoms.